The third-order valence-electron chi connectivity index (χ3n) is 1.91. The van der Waals surface area contributed by atoms with Gasteiger partial charge in [0, 0.05) is 6.20 Å². The van der Waals surface area contributed by atoms with E-state index in [9.17, 15) is 0 Å². The summed E-state index contributed by atoms with van der Waals surface area (Å²) in [5.41, 5.74) is 2.36. The number of hydrogen-bond acceptors (Lipinski definition) is 8. The molecular weight excluding hydrogens is 288 g/mol. The van der Waals surface area contributed by atoms with Gasteiger partial charge in [0.05, 0.1) is 11.6 Å². The van der Waals surface area contributed by atoms with Gasteiger partial charge in [-0.1, -0.05) is 11.6 Å². The van der Waals surface area contributed by atoms with Crippen molar-refractivity contribution in [1.29, 1.82) is 0 Å². The fourth-order valence-electron chi connectivity index (χ4n) is 1.17. The topological polar surface area (TPSA) is 98.8 Å². The predicted molar refractivity (Wildman–Crippen MR) is 72.2 cm³/mol. The second kappa shape index (κ2) is 6.50. The Balaban J connectivity index is 2.29. The van der Waals surface area contributed by atoms with Crippen LogP contribution in [0.1, 0.15) is 6.92 Å². The molecule has 0 amide bonds. The SMILES string of the molecule is CCOc1nc(NN)nc(Sc2ncccc2Cl)n1. The van der Waals surface area contributed by atoms with Crippen LogP contribution in [0.2, 0.25) is 5.02 Å². The van der Waals surface area contributed by atoms with Crippen LogP contribution in [0.4, 0.5) is 5.95 Å². The third kappa shape index (κ3) is 3.66. The molecule has 0 spiro atoms. The second-order valence-corrected chi connectivity index (χ2v) is 4.56. The molecule has 0 saturated heterocycles. The number of hydrogen-bond donors (Lipinski definition) is 2. The Morgan fingerprint density at radius 2 is 2.26 bits per heavy atom. The Morgan fingerprint density at radius 3 is 2.95 bits per heavy atom. The smallest absolute Gasteiger partial charge is 0.322 e. The number of aromatic nitrogens is 4. The molecule has 100 valence electrons. The van der Waals surface area contributed by atoms with E-state index in [1.54, 1.807) is 18.3 Å². The number of ether oxygens (including phenoxy) is 1. The molecule has 2 rings (SSSR count). The third-order valence-corrected chi connectivity index (χ3v) is 3.21. The normalized spacial score (nSPS) is 10.3. The molecule has 3 N–H and O–H groups in total. The summed E-state index contributed by atoms with van der Waals surface area (Å²) in [6.45, 7) is 2.28. The largest absolute Gasteiger partial charge is 0.464 e. The highest BCUT2D eigenvalue weighted by molar-refractivity contribution is 7.99. The van der Waals surface area contributed by atoms with Crippen LogP contribution in [0.25, 0.3) is 0 Å². The average Bonchev–Trinajstić information content (AvgIpc) is 2.41. The first-order valence-corrected chi connectivity index (χ1v) is 6.56. The predicted octanol–water partition coefficient (Wildman–Crippen LogP) is 1.76. The maximum absolute atomic E-state index is 6.02. The minimum Gasteiger partial charge on any atom is -0.464 e. The fourth-order valence-corrected chi connectivity index (χ4v) is 2.12. The quantitative estimate of drug-likeness (QED) is 0.636. The van der Waals surface area contributed by atoms with Gasteiger partial charge in [0.25, 0.3) is 0 Å². The Morgan fingerprint density at radius 1 is 1.42 bits per heavy atom. The van der Waals surface area contributed by atoms with Crippen LogP contribution in [0.5, 0.6) is 6.01 Å². The van der Waals surface area contributed by atoms with Crippen molar-refractivity contribution in [3.63, 3.8) is 0 Å². The molecule has 0 aromatic carbocycles. The van der Waals surface area contributed by atoms with E-state index in [1.165, 1.54) is 11.8 Å². The highest BCUT2D eigenvalue weighted by atomic mass is 35.5. The van der Waals surface area contributed by atoms with Crippen molar-refractivity contribution in [2.24, 2.45) is 5.84 Å². The summed E-state index contributed by atoms with van der Waals surface area (Å²) in [5.74, 6) is 5.51. The zero-order valence-electron chi connectivity index (χ0n) is 10.00. The summed E-state index contributed by atoms with van der Waals surface area (Å²) < 4.78 is 5.23. The van der Waals surface area contributed by atoms with Crippen LogP contribution >= 0.6 is 23.4 Å². The van der Waals surface area contributed by atoms with E-state index in [0.717, 1.165) is 0 Å². The molecule has 0 fully saturated rings. The van der Waals surface area contributed by atoms with Gasteiger partial charge in [-0.05, 0) is 30.8 Å². The van der Waals surface area contributed by atoms with Crippen molar-refractivity contribution in [2.75, 3.05) is 12.0 Å². The number of nitrogens with zero attached hydrogens (tertiary/aromatic N) is 4. The number of anilines is 1. The molecule has 0 unspecified atom stereocenters. The number of pyridine rings is 1. The van der Waals surface area contributed by atoms with Gasteiger partial charge in [0.15, 0.2) is 0 Å². The van der Waals surface area contributed by atoms with E-state index in [1.807, 2.05) is 6.92 Å². The van der Waals surface area contributed by atoms with Gasteiger partial charge in [-0.3, -0.25) is 5.43 Å². The summed E-state index contributed by atoms with van der Waals surface area (Å²) in [6, 6.07) is 3.68. The fraction of sp³-hybridized carbons (Fsp3) is 0.200. The first kappa shape index (κ1) is 13.8. The van der Waals surface area contributed by atoms with Crippen LogP contribution in [0.3, 0.4) is 0 Å². The van der Waals surface area contributed by atoms with Crippen molar-refractivity contribution < 1.29 is 4.74 Å². The zero-order valence-corrected chi connectivity index (χ0v) is 11.6. The monoisotopic (exact) mass is 298 g/mol. The van der Waals surface area contributed by atoms with E-state index in [-0.39, 0.29) is 12.0 Å². The van der Waals surface area contributed by atoms with Gasteiger partial charge in [-0.15, -0.1) is 0 Å². The van der Waals surface area contributed by atoms with E-state index in [4.69, 9.17) is 22.2 Å². The van der Waals surface area contributed by atoms with Gasteiger partial charge in [0.1, 0.15) is 5.03 Å². The van der Waals surface area contributed by atoms with Crippen molar-refractivity contribution >= 4 is 29.3 Å². The molecule has 0 aliphatic heterocycles. The lowest BCUT2D eigenvalue weighted by atomic mass is 10.5. The van der Waals surface area contributed by atoms with E-state index in [2.05, 4.69) is 25.4 Å². The number of nitrogen functional groups attached to an aromatic ring is 1. The standard InChI is InChI=1S/C10H11ClN6OS/c1-2-18-9-14-8(17-12)15-10(16-9)19-7-6(11)4-3-5-13-7/h3-5H,2,12H2,1H3,(H,14,15,16,17). The van der Waals surface area contributed by atoms with E-state index >= 15 is 0 Å². The van der Waals surface area contributed by atoms with Gasteiger partial charge < -0.3 is 4.74 Å². The molecule has 2 heterocycles. The van der Waals surface area contributed by atoms with Crippen molar-refractivity contribution in [2.45, 2.75) is 17.1 Å². The highest BCUT2D eigenvalue weighted by Crippen LogP contribution is 2.29. The Bertz CT molecular complexity index is 569. The second-order valence-electron chi connectivity index (χ2n) is 3.19. The molecule has 0 radical (unpaired) electrons. The molecule has 0 bridgehead atoms. The van der Waals surface area contributed by atoms with Gasteiger partial charge in [0.2, 0.25) is 11.1 Å². The number of nitrogens with two attached hydrogens (primary N) is 1. The number of hydrazine groups is 1. The minimum atomic E-state index is 0.194. The zero-order chi connectivity index (χ0) is 13.7. The molecule has 7 nitrogen and oxygen atoms in total. The van der Waals surface area contributed by atoms with Crippen LogP contribution in [-0.4, -0.2) is 26.5 Å². The first-order valence-electron chi connectivity index (χ1n) is 5.36. The van der Waals surface area contributed by atoms with Gasteiger partial charge >= 0.3 is 6.01 Å². The summed E-state index contributed by atoms with van der Waals surface area (Å²) in [6.07, 6.45) is 1.64. The van der Waals surface area contributed by atoms with Crippen molar-refractivity contribution in [3.05, 3.63) is 23.4 Å². The molecule has 9 heteroatoms. The molecule has 0 aliphatic carbocycles. The van der Waals surface area contributed by atoms with Gasteiger partial charge in [-0.25, -0.2) is 10.8 Å². The summed E-state index contributed by atoms with van der Waals surface area (Å²) in [4.78, 5) is 16.3. The summed E-state index contributed by atoms with van der Waals surface area (Å²) in [5, 5.41) is 1.51. The molecular formula is C10H11ClN6OS. The van der Waals surface area contributed by atoms with Crippen LogP contribution in [0, 0.1) is 0 Å². The lowest BCUT2D eigenvalue weighted by Crippen LogP contribution is -2.12. The molecule has 2 aromatic heterocycles. The molecule has 0 saturated carbocycles. The minimum absolute atomic E-state index is 0.194. The highest BCUT2D eigenvalue weighted by Gasteiger charge is 2.10. The molecule has 19 heavy (non-hydrogen) atoms. The van der Waals surface area contributed by atoms with E-state index in [0.29, 0.717) is 21.8 Å². The Hall–Kier alpha value is -1.64. The maximum atomic E-state index is 6.02. The first-order chi connectivity index (χ1) is 9.22. The van der Waals surface area contributed by atoms with E-state index < -0.39 is 0 Å². The lowest BCUT2D eigenvalue weighted by Gasteiger charge is -2.06. The Labute approximate surface area is 118 Å². The lowest BCUT2D eigenvalue weighted by molar-refractivity contribution is 0.308. The Kier molecular flexibility index (Phi) is 4.72. The summed E-state index contributed by atoms with van der Waals surface area (Å²) in [7, 11) is 0. The number of halogens is 1. The van der Waals surface area contributed by atoms with Crippen molar-refractivity contribution in [1.82, 2.24) is 19.9 Å². The number of nitrogens with one attached hydrogen (secondary N) is 1. The molecule has 0 atom stereocenters. The summed E-state index contributed by atoms with van der Waals surface area (Å²) >= 11 is 7.23. The molecule has 2 aromatic rings. The van der Waals surface area contributed by atoms with Gasteiger partial charge in [-0.2, -0.15) is 15.0 Å². The van der Waals surface area contributed by atoms with Crippen LogP contribution in [-0.2, 0) is 0 Å². The average molecular weight is 299 g/mol. The van der Waals surface area contributed by atoms with Crippen molar-refractivity contribution in [3.8, 4) is 6.01 Å². The van der Waals surface area contributed by atoms with Crippen LogP contribution in [0.15, 0.2) is 28.5 Å². The van der Waals surface area contributed by atoms with Crippen LogP contribution < -0.4 is 16.0 Å². The number of rotatable bonds is 5. The maximum Gasteiger partial charge on any atom is 0.322 e. The molecule has 0 aliphatic rings.